The monoisotopic (exact) mass is 274 g/mol. The summed E-state index contributed by atoms with van der Waals surface area (Å²) in [7, 11) is 0. The lowest BCUT2D eigenvalue weighted by molar-refractivity contribution is 0.223. The first-order valence-electron chi connectivity index (χ1n) is 8.06. The van der Waals surface area contributed by atoms with Crippen molar-refractivity contribution in [1.82, 2.24) is 5.32 Å². The number of nitrogens with two attached hydrogens (primary N) is 1. The highest BCUT2D eigenvalue weighted by atomic mass is 14.9. The number of hydrogen-bond acceptors (Lipinski definition) is 2. The van der Waals surface area contributed by atoms with Crippen LogP contribution in [0.2, 0.25) is 0 Å². The molecule has 0 saturated heterocycles. The first kappa shape index (κ1) is 15.4. The Kier molecular flexibility index (Phi) is 5.09. The van der Waals surface area contributed by atoms with Gasteiger partial charge in [0.05, 0.1) is 0 Å². The molecule has 1 aromatic rings. The lowest BCUT2D eigenvalue weighted by Crippen LogP contribution is -2.33. The summed E-state index contributed by atoms with van der Waals surface area (Å²) >= 11 is 0. The van der Waals surface area contributed by atoms with Crippen LogP contribution in [-0.4, -0.2) is 6.54 Å². The third-order valence-electron chi connectivity index (χ3n) is 4.67. The van der Waals surface area contributed by atoms with E-state index in [4.69, 9.17) is 5.73 Å². The van der Waals surface area contributed by atoms with Crippen LogP contribution in [0, 0.1) is 18.3 Å². The van der Waals surface area contributed by atoms with Crippen LogP contribution in [-0.2, 0) is 6.54 Å². The van der Waals surface area contributed by atoms with Gasteiger partial charge in [-0.25, -0.2) is 0 Å². The molecular weight excluding hydrogens is 244 g/mol. The first-order valence-corrected chi connectivity index (χ1v) is 8.06. The van der Waals surface area contributed by atoms with E-state index in [0.717, 1.165) is 24.7 Å². The van der Waals surface area contributed by atoms with Crippen molar-refractivity contribution in [3.05, 3.63) is 29.3 Å². The van der Waals surface area contributed by atoms with Gasteiger partial charge in [0.25, 0.3) is 0 Å². The van der Waals surface area contributed by atoms with E-state index < -0.39 is 0 Å². The topological polar surface area (TPSA) is 38.0 Å². The smallest absolute Gasteiger partial charge is 0.0343 e. The zero-order valence-corrected chi connectivity index (χ0v) is 13.3. The summed E-state index contributed by atoms with van der Waals surface area (Å²) in [6.45, 7) is 8.90. The Morgan fingerprint density at radius 2 is 1.95 bits per heavy atom. The molecule has 0 aliphatic heterocycles. The van der Waals surface area contributed by atoms with E-state index in [1.807, 2.05) is 6.07 Å². The Labute approximate surface area is 124 Å². The maximum atomic E-state index is 5.87. The molecule has 0 heterocycles. The molecule has 0 aromatic heterocycles. The van der Waals surface area contributed by atoms with Gasteiger partial charge >= 0.3 is 0 Å². The Bertz CT molecular complexity index is 431. The average molecular weight is 274 g/mol. The molecule has 1 saturated carbocycles. The van der Waals surface area contributed by atoms with Crippen LogP contribution in [0.4, 0.5) is 5.69 Å². The quantitative estimate of drug-likeness (QED) is 0.760. The number of nitrogen functional groups attached to an aromatic ring is 1. The minimum Gasteiger partial charge on any atom is -0.399 e. The Balaban J connectivity index is 1.88. The maximum Gasteiger partial charge on any atom is 0.0343 e. The standard InChI is InChI=1S/C18H30N2/c1-14(2)11-18(8-4-5-9-18)13-20-12-16-6-7-17(19)15(3)10-16/h6-7,10,14,20H,4-5,8-9,11-13,19H2,1-3H3. The minimum atomic E-state index is 0.553. The third-order valence-corrected chi connectivity index (χ3v) is 4.67. The van der Waals surface area contributed by atoms with E-state index in [9.17, 15) is 0 Å². The zero-order chi connectivity index (χ0) is 14.6. The van der Waals surface area contributed by atoms with Crippen LogP contribution in [0.15, 0.2) is 18.2 Å². The SMILES string of the molecule is Cc1cc(CNCC2(CC(C)C)CCCC2)ccc1N. The molecule has 2 nitrogen and oxygen atoms in total. The van der Waals surface area contributed by atoms with Gasteiger partial charge in [-0.15, -0.1) is 0 Å². The molecule has 1 aliphatic rings. The molecule has 112 valence electrons. The van der Waals surface area contributed by atoms with Gasteiger partial charge in [-0.3, -0.25) is 0 Å². The fourth-order valence-electron chi connectivity index (χ4n) is 3.76. The van der Waals surface area contributed by atoms with Gasteiger partial charge in [0.1, 0.15) is 0 Å². The summed E-state index contributed by atoms with van der Waals surface area (Å²) < 4.78 is 0. The second-order valence-corrected chi connectivity index (χ2v) is 7.10. The fraction of sp³-hybridized carbons (Fsp3) is 0.667. The molecule has 0 bridgehead atoms. The molecule has 1 aromatic carbocycles. The molecule has 1 aliphatic carbocycles. The van der Waals surface area contributed by atoms with Gasteiger partial charge in [0.2, 0.25) is 0 Å². The van der Waals surface area contributed by atoms with Crippen molar-refractivity contribution < 1.29 is 0 Å². The van der Waals surface area contributed by atoms with E-state index in [2.05, 4.69) is 38.2 Å². The minimum absolute atomic E-state index is 0.553. The molecule has 0 unspecified atom stereocenters. The van der Waals surface area contributed by atoms with E-state index in [1.165, 1.54) is 43.2 Å². The number of rotatable bonds is 6. The molecule has 3 N–H and O–H groups in total. The zero-order valence-electron chi connectivity index (χ0n) is 13.3. The summed E-state index contributed by atoms with van der Waals surface area (Å²) in [4.78, 5) is 0. The van der Waals surface area contributed by atoms with Gasteiger partial charge < -0.3 is 11.1 Å². The van der Waals surface area contributed by atoms with Crippen LogP contribution in [0.25, 0.3) is 0 Å². The molecule has 20 heavy (non-hydrogen) atoms. The normalized spacial score (nSPS) is 17.8. The molecule has 0 spiro atoms. The highest BCUT2D eigenvalue weighted by molar-refractivity contribution is 5.47. The van der Waals surface area contributed by atoms with Crippen molar-refractivity contribution in [2.24, 2.45) is 11.3 Å². The third kappa shape index (κ3) is 3.99. The lowest BCUT2D eigenvalue weighted by atomic mass is 9.78. The highest BCUT2D eigenvalue weighted by Crippen LogP contribution is 2.42. The van der Waals surface area contributed by atoms with E-state index in [-0.39, 0.29) is 0 Å². The Morgan fingerprint density at radius 1 is 1.25 bits per heavy atom. The van der Waals surface area contributed by atoms with Crippen LogP contribution < -0.4 is 11.1 Å². The molecule has 1 fully saturated rings. The van der Waals surface area contributed by atoms with Crippen LogP contribution >= 0.6 is 0 Å². The van der Waals surface area contributed by atoms with Crippen LogP contribution in [0.3, 0.4) is 0 Å². The van der Waals surface area contributed by atoms with E-state index in [0.29, 0.717) is 5.41 Å². The number of benzene rings is 1. The van der Waals surface area contributed by atoms with Crippen molar-refractivity contribution in [2.75, 3.05) is 12.3 Å². The summed E-state index contributed by atoms with van der Waals surface area (Å²) in [5.41, 5.74) is 9.84. The molecular formula is C18H30N2. The van der Waals surface area contributed by atoms with Crippen molar-refractivity contribution in [2.45, 2.75) is 59.4 Å². The summed E-state index contributed by atoms with van der Waals surface area (Å²) in [5, 5.41) is 3.70. The molecule has 0 atom stereocenters. The summed E-state index contributed by atoms with van der Waals surface area (Å²) in [6, 6.07) is 6.36. The second-order valence-electron chi connectivity index (χ2n) is 7.10. The first-order chi connectivity index (χ1) is 9.51. The van der Waals surface area contributed by atoms with Gasteiger partial charge in [-0.1, -0.05) is 38.8 Å². The largest absolute Gasteiger partial charge is 0.399 e. The van der Waals surface area contributed by atoms with E-state index >= 15 is 0 Å². The number of aryl methyl sites for hydroxylation is 1. The molecule has 0 amide bonds. The van der Waals surface area contributed by atoms with Crippen molar-refractivity contribution in [3.63, 3.8) is 0 Å². The van der Waals surface area contributed by atoms with Crippen LogP contribution in [0.5, 0.6) is 0 Å². The molecule has 0 radical (unpaired) electrons. The molecule has 2 heteroatoms. The van der Waals surface area contributed by atoms with Crippen molar-refractivity contribution in [1.29, 1.82) is 0 Å². The second kappa shape index (κ2) is 6.62. The predicted octanol–water partition coefficient (Wildman–Crippen LogP) is 4.27. The number of anilines is 1. The highest BCUT2D eigenvalue weighted by Gasteiger charge is 2.33. The van der Waals surface area contributed by atoms with Crippen molar-refractivity contribution in [3.8, 4) is 0 Å². The number of hydrogen-bond donors (Lipinski definition) is 2. The van der Waals surface area contributed by atoms with Crippen LogP contribution in [0.1, 0.15) is 57.1 Å². The Morgan fingerprint density at radius 3 is 2.55 bits per heavy atom. The lowest BCUT2D eigenvalue weighted by Gasteiger charge is -2.31. The predicted molar refractivity (Wildman–Crippen MR) is 87.7 cm³/mol. The van der Waals surface area contributed by atoms with Crippen molar-refractivity contribution >= 4 is 5.69 Å². The van der Waals surface area contributed by atoms with Gasteiger partial charge in [0, 0.05) is 18.8 Å². The molecule has 2 rings (SSSR count). The fourth-order valence-corrected chi connectivity index (χ4v) is 3.76. The summed E-state index contributed by atoms with van der Waals surface area (Å²) in [6.07, 6.45) is 6.99. The van der Waals surface area contributed by atoms with Gasteiger partial charge in [-0.2, -0.15) is 0 Å². The maximum absolute atomic E-state index is 5.87. The van der Waals surface area contributed by atoms with E-state index in [1.54, 1.807) is 0 Å². The number of nitrogens with one attached hydrogen (secondary N) is 1. The van der Waals surface area contributed by atoms with Gasteiger partial charge in [0.15, 0.2) is 0 Å². The summed E-state index contributed by atoms with van der Waals surface area (Å²) in [5.74, 6) is 0.800. The average Bonchev–Trinajstić information content (AvgIpc) is 2.81. The Hall–Kier alpha value is -1.02. The van der Waals surface area contributed by atoms with Gasteiger partial charge in [-0.05, 0) is 54.7 Å².